The Hall–Kier alpha value is -0.830. The second kappa shape index (κ2) is 4.35. The molecule has 15 heavy (non-hydrogen) atoms. The van der Waals surface area contributed by atoms with Crippen molar-refractivity contribution in [3.8, 4) is 0 Å². The van der Waals surface area contributed by atoms with Crippen LogP contribution in [0.25, 0.3) is 0 Å². The Kier molecular flexibility index (Phi) is 3.10. The van der Waals surface area contributed by atoms with E-state index in [4.69, 9.17) is 0 Å². The van der Waals surface area contributed by atoms with Gasteiger partial charge < -0.3 is 5.32 Å². The minimum atomic E-state index is 0.163. The summed E-state index contributed by atoms with van der Waals surface area (Å²) < 4.78 is 0.954. The van der Waals surface area contributed by atoms with Gasteiger partial charge in [0, 0.05) is 10.4 Å². The summed E-state index contributed by atoms with van der Waals surface area (Å²) in [5.74, 6) is 0.396. The van der Waals surface area contributed by atoms with Crippen molar-refractivity contribution in [1.29, 1.82) is 0 Å². The van der Waals surface area contributed by atoms with E-state index in [-0.39, 0.29) is 11.8 Å². The van der Waals surface area contributed by atoms with Gasteiger partial charge in [-0.15, -0.1) is 0 Å². The monoisotopic (exact) mass is 267 g/mol. The van der Waals surface area contributed by atoms with E-state index in [2.05, 4.69) is 21.2 Å². The molecule has 1 saturated carbocycles. The number of nitrogens with one attached hydrogen (secondary N) is 1. The van der Waals surface area contributed by atoms with Crippen molar-refractivity contribution in [2.75, 3.05) is 5.32 Å². The zero-order valence-corrected chi connectivity index (χ0v) is 10.3. The zero-order valence-electron chi connectivity index (χ0n) is 8.72. The minimum absolute atomic E-state index is 0.163. The van der Waals surface area contributed by atoms with Gasteiger partial charge in [0.25, 0.3) is 0 Å². The number of hydrogen-bond acceptors (Lipinski definition) is 1. The van der Waals surface area contributed by atoms with E-state index < -0.39 is 0 Å². The molecule has 1 aromatic rings. The maximum absolute atomic E-state index is 11.8. The van der Waals surface area contributed by atoms with Crippen molar-refractivity contribution in [1.82, 2.24) is 0 Å². The average Bonchev–Trinajstić information content (AvgIpc) is 2.08. The molecule has 0 saturated heterocycles. The Morgan fingerprint density at radius 1 is 1.47 bits per heavy atom. The van der Waals surface area contributed by atoms with Crippen LogP contribution in [-0.2, 0) is 4.79 Å². The van der Waals surface area contributed by atoms with Crippen molar-refractivity contribution < 1.29 is 4.79 Å². The standard InChI is InChI=1S/C12H14BrNO/c1-8-4-2-7-10(13)11(8)14-12(15)9-5-3-6-9/h2,4,7,9H,3,5-6H2,1H3,(H,14,15). The van der Waals surface area contributed by atoms with Gasteiger partial charge in [-0.3, -0.25) is 4.79 Å². The van der Waals surface area contributed by atoms with Crippen molar-refractivity contribution in [2.45, 2.75) is 26.2 Å². The summed E-state index contributed by atoms with van der Waals surface area (Å²) in [6.07, 6.45) is 3.26. The van der Waals surface area contributed by atoms with E-state index in [0.717, 1.165) is 28.6 Å². The van der Waals surface area contributed by atoms with Gasteiger partial charge in [0.2, 0.25) is 5.91 Å². The van der Waals surface area contributed by atoms with E-state index >= 15 is 0 Å². The molecular formula is C12H14BrNO. The Labute approximate surface area is 98.2 Å². The number of aryl methyl sites for hydroxylation is 1. The number of anilines is 1. The zero-order chi connectivity index (χ0) is 10.8. The Bertz CT molecular complexity index is 365. The summed E-state index contributed by atoms with van der Waals surface area (Å²) in [5, 5.41) is 2.99. The van der Waals surface area contributed by atoms with Crippen LogP contribution >= 0.6 is 15.9 Å². The lowest BCUT2D eigenvalue weighted by Crippen LogP contribution is -2.28. The van der Waals surface area contributed by atoms with Crippen molar-refractivity contribution >= 4 is 27.5 Å². The molecule has 0 spiro atoms. The summed E-state index contributed by atoms with van der Waals surface area (Å²) in [7, 11) is 0. The fraction of sp³-hybridized carbons (Fsp3) is 0.417. The SMILES string of the molecule is Cc1cccc(Br)c1NC(=O)C1CCC1. The van der Waals surface area contributed by atoms with Gasteiger partial charge >= 0.3 is 0 Å². The molecule has 1 aliphatic carbocycles. The molecule has 1 N–H and O–H groups in total. The van der Waals surface area contributed by atoms with E-state index in [1.807, 2.05) is 25.1 Å². The highest BCUT2D eigenvalue weighted by Gasteiger charge is 2.25. The lowest BCUT2D eigenvalue weighted by Gasteiger charge is -2.24. The largest absolute Gasteiger partial charge is 0.325 e. The third-order valence-corrected chi connectivity index (χ3v) is 3.61. The highest BCUT2D eigenvalue weighted by atomic mass is 79.9. The summed E-state index contributed by atoms with van der Waals surface area (Å²) in [4.78, 5) is 11.8. The molecule has 1 amide bonds. The van der Waals surface area contributed by atoms with Crippen LogP contribution in [0.5, 0.6) is 0 Å². The molecule has 1 aliphatic rings. The van der Waals surface area contributed by atoms with Gasteiger partial charge in [-0.05, 0) is 47.3 Å². The summed E-state index contributed by atoms with van der Waals surface area (Å²) >= 11 is 3.45. The number of benzene rings is 1. The molecule has 0 aromatic heterocycles. The first kappa shape index (κ1) is 10.7. The highest BCUT2D eigenvalue weighted by Crippen LogP contribution is 2.30. The van der Waals surface area contributed by atoms with Crippen LogP contribution in [0.4, 0.5) is 5.69 Å². The predicted molar refractivity (Wildman–Crippen MR) is 64.8 cm³/mol. The molecular weight excluding hydrogens is 254 g/mol. The van der Waals surface area contributed by atoms with Gasteiger partial charge in [0.15, 0.2) is 0 Å². The van der Waals surface area contributed by atoms with E-state index in [1.165, 1.54) is 6.42 Å². The highest BCUT2D eigenvalue weighted by molar-refractivity contribution is 9.10. The molecule has 1 aromatic carbocycles. The number of para-hydroxylation sites is 1. The lowest BCUT2D eigenvalue weighted by molar-refractivity contribution is -0.122. The van der Waals surface area contributed by atoms with Crippen LogP contribution in [0.15, 0.2) is 22.7 Å². The van der Waals surface area contributed by atoms with Gasteiger partial charge in [0.1, 0.15) is 0 Å². The number of carbonyl (C=O) groups excluding carboxylic acids is 1. The quantitative estimate of drug-likeness (QED) is 0.873. The third kappa shape index (κ3) is 2.23. The molecule has 0 aliphatic heterocycles. The molecule has 0 heterocycles. The van der Waals surface area contributed by atoms with Crippen LogP contribution in [-0.4, -0.2) is 5.91 Å². The molecule has 0 atom stereocenters. The van der Waals surface area contributed by atoms with Crippen LogP contribution in [0.2, 0.25) is 0 Å². The summed E-state index contributed by atoms with van der Waals surface area (Å²) in [6, 6.07) is 5.92. The van der Waals surface area contributed by atoms with Crippen LogP contribution in [0.3, 0.4) is 0 Å². The maximum atomic E-state index is 11.8. The number of rotatable bonds is 2. The fourth-order valence-electron chi connectivity index (χ4n) is 1.69. The number of carbonyl (C=O) groups is 1. The van der Waals surface area contributed by atoms with E-state index in [9.17, 15) is 4.79 Å². The molecule has 1 fully saturated rings. The van der Waals surface area contributed by atoms with E-state index in [1.54, 1.807) is 0 Å². The van der Waals surface area contributed by atoms with Crippen molar-refractivity contribution in [3.63, 3.8) is 0 Å². The Morgan fingerprint density at radius 3 is 2.73 bits per heavy atom. The van der Waals surface area contributed by atoms with Crippen LogP contribution in [0.1, 0.15) is 24.8 Å². The van der Waals surface area contributed by atoms with Crippen molar-refractivity contribution in [2.24, 2.45) is 5.92 Å². The molecule has 2 nitrogen and oxygen atoms in total. The Balaban J connectivity index is 2.12. The second-order valence-electron chi connectivity index (χ2n) is 4.05. The number of hydrogen-bond donors (Lipinski definition) is 1. The topological polar surface area (TPSA) is 29.1 Å². The smallest absolute Gasteiger partial charge is 0.227 e. The minimum Gasteiger partial charge on any atom is -0.325 e. The first-order valence-corrected chi connectivity index (χ1v) is 6.04. The molecule has 80 valence electrons. The maximum Gasteiger partial charge on any atom is 0.227 e. The molecule has 2 rings (SSSR count). The summed E-state index contributed by atoms with van der Waals surface area (Å²) in [6.45, 7) is 2.00. The van der Waals surface area contributed by atoms with Crippen LogP contribution in [0, 0.1) is 12.8 Å². The Morgan fingerprint density at radius 2 is 2.20 bits per heavy atom. The second-order valence-corrected chi connectivity index (χ2v) is 4.90. The third-order valence-electron chi connectivity index (χ3n) is 2.95. The van der Waals surface area contributed by atoms with Gasteiger partial charge in [0.05, 0.1) is 5.69 Å². The fourth-order valence-corrected chi connectivity index (χ4v) is 2.25. The summed E-state index contributed by atoms with van der Waals surface area (Å²) in [5.41, 5.74) is 2.01. The van der Waals surface area contributed by atoms with Gasteiger partial charge in [-0.25, -0.2) is 0 Å². The first-order chi connectivity index (χ1) is 7.18. The van der Waals surface area contributed by atoms with Crippen molar-refractivity contribution in [3.05, 3.63) is 28.2 Å². The van der Waals surface area contributed by atoms with Gasteiger partial charge in [-0.1, -0.05) is 18.6 Å². The average molecular weight is 268 g/mol. The molecule has 0 unspecified atom stereocenters. The molecule has 0 bridgehead atoms. The van der Waals surface area contributed by atoms with Gasteiger partial charge in [-0.2, -0.15) is 0 Å². The predicted octanol–water partition coefficient (Wildman–Crippen LogP) is 3.50. The molecule has 0 radical (unpaired) electrons. The number of halogens is 1. The number of amides is 1. The lowest BCUT2D eigenvalue weighted by atomic mass is 9.85. The normalized spacial score (nSPS) is 15.9. The van der Waals surface area contributed by atoms with E-state index in [0.29, 0.717) is 0 Å². The van der Waals surface area contributed by atoms with Crippen LogP contribution < -0.4 is 5.32 Å². The first-order valence-electron chi connectivity index (χ1n) is 5.24. The molecule has 3 heteroatoms.